The number of aromatic carboxylic acids is 1. The lowest BCUT2D eigenvalue weighted by Gasteiger charge is -2.12. The summed E-state index contributed by atoms with van der Waals surface area (Å²) in [5, 5.41) is 8.79. The van der Waals surface area contributed by atoms with Gasteiger partial charge in [-0.2, -0.15) is 0 Å². The van der Waals surface area contributed by atoms with Crippen LogP contribution in [0.5, 0.6) is 0 Å². The monoisotopic (exact) mass is 319 g/mol. The molecule has 0 amide bonds. The molecule has 1 aromatic rings. The zero-order valence-electron chi connectivity index (χ0n) is 11.1. The Bertz CT molecular complexity index is 654. The van der Waals surface area contributed by atoms with Gasteiger partial charge >= 0.3 is 5.97 Å². The summed E-state index contributed by atoms with van der Waals surface area (Å²) in [6.45, 7) is 0.140. The van der Waals surface area contributed by atoms with Crippen molar-refractivity contribution in [2.45, 2.75) is 30.6 Å². The first-order chi connectivity index (χ1) is 9.81. The molecule has 1 aliphatic rings. The summed E-state index contributed by atoms with van der Waals surface area (Å²) in [6.07, 6.45) is 3.80. The Kier molecular flexibility index (Phi) is 4.58. The number of carbonyl (C=O) groups is 1. The molecular formula is C13H15F2NO4S. The molecule has 0 aromatic heterocycles. The van der Waals surface area contributed by atoms with E-state index in [0.717, 1.165) is 25.7 Å². The Balaban J connectivity index is 2.27. The van der Waals surface area contributed by atoms with Crippen molar-refractivity contribution in [3.05, 3.63) is 29.3 Å². The molecule has 2 rings (SSSR count). The Morgan fingerprint density at radius 2 is 1.90 bits per heavy atom. The van der Waals surface area contributed by atoms with Crippen molar-refractivity contribution in [3.8, 4) is 0 Å². The van der Waals surface area contributed by atoms with Gasteiger partial charge in [-0.05, 0) is 30.9 Å². The van der Waals surface area contributed by atoms with Crippen molar-refractivity contribution < 1.29 is 27.1 Å². The Morgan fingerprint density at radius 1 is 1.29 bits per heavy atom. The zero-order chi connectivity index (χ0) is 15.6. The molecule has 1 saturated carbocycles. The maximum atomic E-state index is 13.7. The summed E-state index contributed by atoms with van der Waals surface area (Å²) in [4.78, 5) is 9.83. The Morgan fingerprint density at radius 3 is 2.48 bits per heavy atom. The van der Waals surface area contributed by atoms with Crippen molar-refractivity contribution in [1.82, 2.24) is 4.72 Å². The summed E-state index contributed by atoms with van der Waals surface area (Å²) >= 11 is 0. The third kappa shape index (κ3) is 3.56. The van der Waals surface area contributed by atoms with Crippen LogP contribution in [-0.4, -0.2) is 26.0 Å². The predicted octanol–water partition coefficient (Wildman–Crippen LogP) is 2.13. The molecule has 1 aromatic carbocycles. The molecule has 0 atom stereocenters. The summed E-state index contributed by atoms with van der Waals surface area (Å²) in [6, 6.07) is 1.07. The lowest BCUT2D eigenvalue weighted by molar-refractivity contribution is 0.0696. The Hall–Kier alpha value is -1.54. The first-order valence-corrected chi connectivity index (χ1v) is 8.01. The second-order valence-electron chi connectivity index (χ2n) is 5.08. The van der Waals surface area contributed by atoms with Gasteiger partial charge in [0.1, 0.15) is 4.90 Å². The predicted molar refractivity (Wildman–Crippen MR) is 70.5 cm³/mol. The lowest BCUT2D eigenvalue weighted by atomic mass is 10.1. The average Bonchev–Trinajstić information content (AvgIpc) is 2.92. The van der Waals surface area contributed by atoms with E-state index in [1.807, 2.05) is 0 Å². The summed E-state index contributed by atoms with van der Waals surface area (Å²) in [5.41, 5.74) is -0.616. The van der Waals surface area contributed by atoms with Crippen molar-refractivity contribution >= 4 is 16.0 Å². The van der Waals surface area contributed by atoms with Crippen LogP contribution in [0.25, 0.3) is 0 Å². The molecule has 2 N–H and O–H groups in total. The van der Waals surface area contributed by atoms with Crippen LogP contribution in [0.2, 0.25) is 0 Å². The summed E-state index contributed by atoms with van der Waals surface area (Å²) < 4.78 is 53.3. The number of sulfonamides is 1. The smallest absolute Gasteiger partial charge is 0.335 e. The van der Waals surface area contributed by atoms with Gasteiger partial charge in [0, 0.05) is 6.54 Å². The van der Waals surface area contributed by atoms with E-state index in [1.165, 1.54) is 0 Å². The zero-order valence-corrected chi connectivity index (χ0v) is 11.9. The molecule has 0 bridgehead atoms. The van der Waals surface area contributed by atoms with Gasteiger partial charge in [0.25, 0.3) is 0 Å². The van der Waals surface area contributed by atoms with Crippen LogP contribution in [-0.2, 0) is 10.0 Å². The minimum atomic E-state index is -4.29. The van der Waals surface area contributed by atoms with E-state index in [1.54, 1.807) is 0 Å². The molecule has 116 valence electrons. The van der Waals surface area contributed by atoms with Gasteiger partial charge < -0.3 is 5.11 Å². The molecule has 1 fully saturated rings. The van der Waals surface area contributed by atoms with E-state index >= 15 is 0 Å². The van der Waals surface area contributed by atoms with Crippen LogP contribution in [0.15, 0.2) is 17.0 Å². The normalized spacial score (nSPS) is 16.3. The van der Waals surface area contributed by atoms with Crippen molar-refractivity contribution in [3.63, 3.8) is 0 Å². The van der Waals surface area contributed by atoms with Crippen molar-refractivity contribution in [2.75, 3.05) is 6.54 Å². The van der Waals surface area contributed by atoms with Gasteiger partial charge in [-0.3, -0.25) is 0 Å². The third-order valence-corrected chi connectivity index (χ3v) is 4.99. The molecule has 21 heavy (non-hydrogen) atoms. The first kappa shape index (κ1) is 15.8. The molecule has 0 aliphatic heterocycles. The van der Waals surface area contributed by atoms with Crippen molar-refractivity contribution in [2.24, 2.45) is 5.92 Å². The largest absolute Gasteiger partial charge is 0.478 e. The van der Waals surface area contributed by atoms with Gasteiger partial charge in [-0.15, -0.1) is 0 Å². The first-order valence-electron chi connectivity index (χ1n) is 6.53. The van der Waals surface area contributed by atoms with E-state index in [4.69, 9.17) is 5.11 Å². The number of carboxylic acid groups (broad SMARTS) is 1. The molecule has 0 saturated heterocycles. The molecule has 0 radical (unpaired) electrons. The third-order valence-electron chi connectivity index (χ3n) is 3.57. The number of halogens is 2. The highest BCUT2D eigenvalue weighted by atomic mass is 32.2. The molecule has 0 unspecified atom stereocenters. The fourth-order valence-electron chi connectivity index (χ4n) is 2.40. The Labute approximate surface area is 121 Å². The average molecular weight is 319 g/mol. The van der Waals surface area contributed by atoms with Gasteiger partial charge in [0.2, 0.25) is 10.0 Å². The number of carboxylic acids is 1. The van der Waals surface area contributed by atoms with E-state index in [9.17, 15) is 22.0 Å². The van der Waals surface area contributed by atoms with Crippen LogP contribution in [0, 0.1) is 17.6 Å². The van der Waals surface area contributed by atoms with Gasteiger partial charge in [0.05, 0.1) is 5.56 Å². The van der Waals surface area contributed by atoms with Crippen LogP contribution < -0.4 is 4.72 Å². The highest BCUT2D eigenvalue weighted by Gasteiger charge is 2.26. The van der Waals surface area contributed by atoms with Crippen LogP contribution in [0.4, 0.5) is 8.78 Å². The molecule has 1 aliphatic carbocycles. The minimum absolute atomic E-state index is 0.140. The summed E-state index contributed by atoms with van der Waals surface area (Å²) in [5.74, 6) is -4.42. The standard InChI is InChI=1S/C13H15F2NO4S/c14-10-5-9(13(17)18)6-11(12(10)15)21(19,20)16-7-8-3-1-2-4-8/h5-6,8,16H,1-4,7H2,(H,17,18). The SMILES string of the molecule is O=C(O)c1cc(F)c(F)c(S(=O)(=O)NCC2CCCC2)c1. The topological polar surface area (TPSA) is 83.5 Å². The second kappa shape index (κ2) is 6.07. The minimum Gasteiger partial charge on any atom is -0.478 e. The van der Waals surface area contributed by atoms with Crippen LogP contribution >= 0.6 is 0 Å². The number of hydrogen-bond acceptors (Lipinski definition) is 3. The number of benzene rings is 1. The van der Waals surface area contributed by atoms with Crippen LogP contribution in [0.3, 0.4) is 0 Å². The van der Waals surface area contributed by atoms with Crippen molar-refractivity contribution in [1.29, 1.82) is 0 Å². The molecule has 8 heteroatoms. The van der Waals surface area contributed by atoms with E-state index in [2.05, 4.69) is 4.72 Å². The summed E-state index contributed by atoms with van der Waals surface area (Å²) in [7, 11) is -4.29. The van der Waals surface area contributed by atoms with Crippen LogP contribution in [0.1, 0.15) is 36.0 Å². The molecule has 5 nitrogen and oxygen atoms in total. The molecular weight excluding hydrogens is 304 g/mol. The molecule has 0 spiro atoms. The number of rotatable bonds is 5. The number of nitrogens with one attached hydrogen (secondary N) is 1. The highest BCUT2D eigenvalue weighted by molar-refractivity contribution is 7.89. The maximum Gasteiger partial charge on any atom is 0.335 e. The van der Waals surface area contributed by atoms with Gasteiger partial charge in [-0.25, -0.2) is 26.7 Å². The fourth-order valence-corrected chi connectivity index (χ4v) is 3.63. The maximum absolute atomic E-state index is 13.7. The second-order valence-corrected chi connectivity index (χ2v) is 6.81. The molecule has 0 heterocycles. The quantitative estimate of drug-likeness (QED) is 0.871. The van der Waals surface area contributed by atoms with Gasteiger partial charge in [-0.1, -0.05) is 12.8 Å². The number of hydrogen-bond donors (Lipinski definition) is 2. The fraction of sp³-hybridized carbons (Fsp3) is 0.462. The van der Waals surface area contributed by atoms with E-state index in [0.29, 0.717) is 12.1 Å². The van der Waals surface area contributed by atoms with E-state index < -0.39 is 38.1 Å². The van der Waals surface area contributed by atoms with E-state index in [-0.39, 0.29) is 12.5 Å². The van der Waals surface area contributed by atoms with Gasteiger partial charge in [0.15, 0.2) is 11.6 Å². The lowest BCUT2D eigenvalue weighted by Crippen LogP contribution is -2.29. The highest BCUT2D eigenvalue weighted by Crippen LogP contribution is 2.25.